The second kappa shape index (κ2) is 3.75. The number of fused-ring (bicyclic) bond motifs is 1. The van der Waals surface area contributed by atoms with Gasteiger partial charge in [0.05, 0.1) is 31.6 Å². The molecule has 0 saturated heterocycles. The molecular formula is C20H17NO4. The Morgan fingerprint density at radius 1 is 1.04 bits per heavy atom. The largest absolute Gasteiger partial charge is 0.469 e. The number of carbonyl (C=O) groups excluding carboxylic acids is 2. The molecule has 8 unspecified atom stereocenters. The van der Waals surface area contributed by atoms with Crippen molar-refractivity contribution in [2.75, 3.05) is 14.2 Å². The molecule has 9 atom stereocenters. The van der Waals surface area contributed by atoms with Gasteiger partial charge < -0.3 is 9.47 Å². The first kappa shape index (κ1) is 13.9. The molecule has 6 bridgehead atoms. The summed E-state index contributed by atoms with van der Waals surface area (Å²) in [5.41, 5.74) is 0.304. The topological polar surface area (TPSA) is 76.4 Å². The molecule has 0 N–H and O–H groups in total. The average molecular weight is 335 g/mol. The van der Waals surface area contributed by atoms with Crippen molar-refractivity contribution >= 4 is 11.9 Å². The summed E-state index contributed by atoms with van der Waals surface area (Å²) in [4.78, 5) is 26.3. The van der Waals surface area contributed by atoms with Gasteiger partial charge in [-0.05, 0) is 46.6 Å². The Labute approximate surface area is 144 Å². The lowest BCUT2D eigenvalue weighted by atomic mass is 9.59. The van der Waals surface area contributed by atoms with Gasteiger partial charge in [0.25, 0.3) is 0 Å². The minimum absolute atomic E-state index is 0.0129. The summed E-state index contributed by atoms with van der Waals surface area (Å²) < 4.78 is 10.5. The molecule has 0 spiro atoms. The molecule has 0 radical (unpaired) electrons. The highest BCUT2D eigenvalue weighted by atomic mass is 16.5. The van der Waals surface area contributed by atoms with E-state index in [-0.39, 0.29) is 53.4 Å². The van der Waals surface area contributed by atoms with Crippen LogP contribution in [0.5, 0.6) is 0 Å². The Kier molecular flexibility index (Phi) is 2.08. The molecule has 5 fully saturated rings. The van der Waals surface area contributed by atoms with Crippen LogP contribution in [0, 0.1) is 52.3 Å². The number of hydrogen-bond donors (Lipinski definition) is 0. The third-order valence-corrected chi connectivity index (χ3v) is 8.14. The first-order chi connectivity index (χ1) is 12.1. The number of carbonyl (C=O) groups is 2. The first-order valence-electron chi connectivity index (χ1n) is 8.79. The molecule has 0 aromatic heterocycles. The number of hydrogen-bond acceptors (Lipinski definition) is 5. The molecule has 6 aliphatic carbocycles. The zero-order valence-electron chi connectivity index (χ0n) is 13.9. The number of ether oxygens (including phenoxy) is 2. The monoisotopic (exact) mass is 335 g/mol. The van der Waals surface area contributed by atoms with Gasteiger partial charge >= 0.3 is 11.9 Å². The van der Waals surface area contributed by atoms with Crippen LogP contribution in [0.1, 0.15) is 17.0 Å². The highest BCUT2D eigenvalue weighted by Crippen LogP contribution is 2.97. The molecule has 126 valence electrons. The number of nitrogens with zero attached hydrogens (tertiary/aromatic N) is 1. The first-order valence-corrected chi connectivity index (χ1v) is 8.79. The molecule has 7 rings (SSSR count). The van der Waals surface area contributed by atoms with E-state index in [9.17, 15) is 14.9 Å². The number of esters is 2. The zero-order valence-corrected chi connectivity index (χ0v) is 13.9. The van der Waals surface area contributed by atoms with Crippen molar-refractivity contribution in [2.45, 2.75) is 11.3 Å². The third-order valence-electron chi connectivity index (χ3n) is 8.14. The van der Waals surface area contributed by atoms with Crippen LogP contribution in [0.2, 0.25) is 0 Å². The van der Waals surface area contributed by atoms with Crippen molar-refractivity contribution < 1.29 is 19.1 Å². The van der Waals surface area contributed by atoms with E-state index in [1.807, 2.05) is 18.2 Å². The maximum Gasteiger partial charge on any atom is 0.317 e. The van der Waals surface area contributed by atoms with Gasteiger partial charge in [-0.15, -0.1) is 0 Å². The van der Waals surface area contributed by atoms with E-state index in [1.54, 1.807) is 0 Å². The summed E-state index contributed by atoms with van der Waals surface area (Å²) in [6.45, 7) is 0. The summed E-state index contributed by atoms with van der Waals surface area (Å²) in [5.74, 6) is 0.0944. The minimum Gasteiger partial charge on any atom is -0.469 e. The van der Waals surface area contributed by atoms with Crippen LogP contribution in [-0.4, -0.2) is 26.2 Å². The Morgan fingerprint density at radius 3 is 2.40 bits per heavy atom. The summed E-state index contributed by atoms with van der Waals surface area (Å²) in [6.07, 6.45) is 0. The molecule has 5 heteroatoms. The molecule has 0 heterocycles. The SMILES string of the molecule is COC(=O)C12c3ccccc3C3C1C1C(C4C3C42C(=O)OC)[C@@H]1C#N. The molecule has 5 nitrogen and oxygen atoms in total. The maximum absolute atomic E-state index is 13.3. The Balaban J connectivity index is 1.70. The fourth-order valence-electron chi connectivity index (χ4n) is 7.89. The van der Waals surface area contributed by atoms with Gasteiger partial charge in [-0.1, -0.05) is 24.3 Å². The smallest absolute Gasteiger partial charge is 0.317 e. The van der Waals surface area contributed by atoms with E-state index in [1.165, 1.54) is 19.8 Å². The van der Waals surface area contributed by atoms with E-state index in [0.717, 1.165) is 5.56 Å². The molecular weight excluding hydrogens is 318 g/mol. The Hall–Kier alpha value is -2.35. The highest BCUT2D eigenvalue weighted by molar-refractivity contribution is 6.01. The third kappa shape index (κ3) is 0.995. The number of methoxy groups -OCH3 is 2. The van der Waals surface area contributed by atoms with Gasteiger partial charge in [-0.25, -0.2) is 0 Å². The van der Waals surface area contributed by atoms with Crippen LogP contribution in [0.3, 0.4) is 0 Å². The molecule has 6 aliphatic rings. The van der Waals surface area contributed by atoms with Crippen molar-refractivity contribution in [1.82, 2.24) is 0 Å². The fraction of sp³-hybridized carbons (Fsp3) is 0.550. The second-order valence-corrected chi connectivity index (χ2v) is 8.16. The van der Waals surface area contributed by atoms with Gasteiger partial charge in [0, 0.05) is 0 Å². The summed E-state index contributed by atoms with van der Waals surface area (Å²) >= 11 is 0. The van der Waals surface area contributed by atoms with Gasteiger partial charge in [0.2, 0.25) is 0 Å². The second-order valence-electron chi connectivity index (χ2n) is 8.16. The molecule has 25 heavy (non-hydrogen) atoms. The summed E-state index contributed by atoms with van der Waals surface area (Å²) in [5, 5.41) is 9.60. The van der Waals surface area contributed by atoms with Crippen LogP contribution in [-0.2, 0) is 24.5 Å². The van der Waals surface area contributed by atoms with Crippen molar-refractivity contribution in [3.05, 3.63) is 35.4 Å². The van der Waals surface area contributed by atoms with Gasteiger partial charge in [-0.2, -0.15) is 5.26 Å². The fourth-order valence-corrected chi connectivity index (χ4v) is 7.89. The number of benzene rings is 1. The summed E-state index contributed by atoms with van der Waals surface area (Å²) in [7, 11) is 2.79. The van der Waals surface area contributed by atoms with Gasteiger partial charge in [-0.3, -0.25) is 9.59 Å². The highest BCUT2D eigenvalue weighted by Gasteiger charge is 3.01. The average Bonchev–Trinajstić information content (AvgIpc) is 3.51. The lowest BCUT2D eigenvalue weighted by Crippen LogP contribution is -2.54. The van der Waals surface area contributed by atoms with E-state index in [0.29, 0.717) is 0 Å². The molecule has 1 aromatic rings. The van der Waals surface area contributed by atoms with Crippen molar-refractivity contribution in [3.8, 4) is 6.07 Å². The lowest BCUT2D eigenvalue weighted by molar-refractivity contribution is -0.166. The van der Waals surface area contributed by atoms with E-state index in [4.69, 9.17) is 9.47 Å². The standard InChI is InChI=1S/C20H17NO4/c1-24-17(22)19-10-6-4-3-5-8(10)13-14(19)11-9(7-21)12(11)15-16(13)20(15,19)18(23)25-2/h3-6,9,11-16H,1-2H3/t9-,11?,12?,13?,14?,15?,16?,19?,20?/m1/s1. The lowest BCUT2D eigenvalue weighted by Gasteiger charge is -2.41. The van der Waals surface area contributed by atoms with Crippen LogP contribution in [0.15, 0.2) is 24.3 Å². The van der Waals surface area contributed by atoms with Crippen LogP contribution in [0.25, 0.3) is 0 Å². The van der Waals surface area contributed by atoms with Crippen molar-refractivity contribution in [3.63, 3.8) is 0 Å². The predicted octanol–water partition coefficient (Wildman–Crippen LogP) is 1.63. The predicted molar refractivity (Wildman–Crippen MR) is 83.9 cm³/mol. The Morgan fingerprint density at radius 2 is 1.72 bits per heavy atom. The van der Waals surface area contributed by atoms with Crippen LogP contribution in [0.4, 0.5) is 0 Å². The number of nitriles is 1. The van der Waals surface area contributed by atoms with E-state index in [2.05, 4.69) is 12.1 Å². The van der Waals surface area contributed by atoms with E-state index >= 15 is 0 Å². The van der Waals surface area contributed by atoms with Gasteiger partial charge in [0.15, 0.2) is 0 Å². The van der Waals surface area contributed by atoms with E-state index < -0.39 is 10.8 Å². The summed E-state index contributed by atoms with van der Waals surface area (Å²) in [6, 6.07) is 10.4. The minimum atomic E-state index is -0.974. The van der Waals surface area contributed by atoms with Gasteiger partial charge in [0.1, 0.15) is 5.41 Å². The van der Waals surface area contributed by atoms with Crippen molar-refractivity contribution in [2.24, 2.45) is 40.9 Å². The molecule has 0 amide bonds. The normalized spacial score (nSPS) is 51.0. The van der Waals surface area contributed by atoms with Crippen LogP contribution >= 0.6 is 0 Å². The number of rotatable bonds is 2. The van der Waals surface area contributed by atoms with Crippen molar-refractivity contribution in [1.29, 1.82) is 5.26 Å². The zero-order chi connectivity index (χ0) is 17.3. The van der Waals surface area contributed by atoms with Crippen LogP contribution < -0.4 is 0 Å². The Bertz CT molecular complexity index is 919. The quantitative estimate of drug-likeness (QED) is 0.768. The maximum atomic E-state index is 13.3. The molecule has 0 aliphatic heterocycles. The molecule has 1 aromatic carbocycles. The molecule has 5 saturated carbocycles.